The van der Waals surface area contributed by atoms with Gasteiger partial charge in [-0.1, -0.05) is 71.1 Å². The largest absolute Gasteiger partial charge is 0.743 e. The first-order chi connectivity index (χ1) is 12.8. The zero-order chi connectivity index (χ0) is 21.8. The van der Waals surface area contributed by atoms with Crippen LogP contribution in [0.15, 0.2) is 0 Å². The maximum Gasteiger partial charge on any atom is 0.432 e. The van der Waals surface area contributed by atoms with Crippen LogP contribution in [0.2, 0.25) is 0 Å². The van der Waals surface area contributed by atoms with E-state index in [1.807, 2.05) is 0 Å². The van der Waals surface area contributed by atoms with Crippen LogP contribution < -0.4 is 0 Å². The fourth-order valence-corrected chi connectivity index (χ4v) is 3.02. The number of hydrogen-bond acceptors (Lipinski definition) is 5. The van der Waals surface area contributed by atoms with Crippen molar-refractivity contribution in [3.8, 4) is 0 Å². The summed E-state index contributed by atoms with van der Waals surface area (Å²) in [7, 11) is -6.66. The average Bonchev–Trinajstić information content (AvgIpc) is 2.55. The molecule has 0 heterocycles. The molecule has 0 rings (SSSR count). The molecule has 0 aromatic heterocycles. The molecule has 0 N–H and O–H groups in total. The molecule has 0 radical (unpaired) electrons. The van der Waals surface area contributed by atoms with E-state index in [0.29, 0.717) is 6.42 Å². The van der Waals surface area contributed by atoms with E-state index in [2.05, 4.69) is 11.7 Å². The predicted molar refractivity (Wildman–Crippen MR) is 91.7 cm³/mol. The van der Waals surface area contributed by atoms with Gasteiger partial charge in [0.15, 0.2) is 10.1 Å². The first-order valence-corrected chi connectivity index (χ1v) is 10.8. The van der Waals surface area contributed by atoms with E-state index < -0.39 is 40.0 Å². The highest BCUT2D eigenvalue weighted by Gasteiger charge is 2.62. The van der Waals surface area contributed by atoms with Gasteiger partial charge in [0.05, 0.1) is 0 Å². The second-order valence-corrected chi connectivity index (χ2v) is 8.17. The summed E-state index contributed by atoms with van der Waals surface area (Å²) in [5.41, 5.74) is 0. The molecular formula is C17H28F5O5S-. The highest BCUT2D eigenvalue weighted by atomic mass is 32.2. The molecule has 1 unspecified atom stereocenters. The first-order valence-electron chi connectivity index (χ1n) is 9.43. The van der Waals surface area contributed by atoms with Gasteiger partial charge in [0.1, 0.15) is 0 Å². The van der Waals surface area contributed by atoms with Crippen molar-refractivity contribution in [2.45, 2.75) is 102 Å². The molecule has 5 nitrogen and oxygen atoms in total. The van der Waals surface area contributed by atoms with Crippen molar-refractivity contribution in [3.63, 3.8) is 0 Å². The lowest BCUT2D eigenvalue weighted by molar-refractivity contribution is -0.259. The zero-order valence-electron chi connectivity index (χ0n) is 15.9. The Morgan fingerprint density at radius 3 is 1.61 bits per heavy atom. The molecule has 28 heavy (non-hydrogen) atoms. The van der Waals surface area contributed by atoms with Crippen molar-refractivity contribution in [3.05, 3.63) is 0 Å². The molecule has 11 heteroatoms. The van der Waals surface area contributed by atoms with Crippen LogP contribution in [0.5, 0.6) is 0 Å². The highest BCUT2D eigenvalue weighted by Crippen LogP contribution is 2.38. The van der Waals surface area contributed by atoms with E-state index in [0.717, 1.165) is 32.1 Å². The monoisotopic (exact) mass is 439 g/mol. The van der Waals surface area contributed by atoms with Crippen LogP contribution in [0.25, 0.3) is 0 Å². The molecule has 0 aromatic rings. The van der Waals surface area contributed by atoms with Gasteiger partial charge in [-0.25, -0.2) is 8.42 Å². The number of ether oxygens (including phenoxy) is 1. The summed E-state index contributed by atoms with van der Waals surface area (Å²) in [4.78, 5) is 11.4. The summed E-state index contributed by atoms with van der Waals surface area (Å²) < 4.78 is 99.0. The standard InChI is InChI=1S/C17H29F5O5S/c1-2-3-4-5-6-7-8-9-10-11-12-13-14(23)27-15(16(18,19)20)17(21,22)28(24,25)26/h15H,2-13H2,1H3,(H,24,25,26)/p-1. The minimum atomic E-state index is -6.66. The van der Waals surface area contributed by atoms with Crippen molar-refractivity contribution >= 4 is 16.1 Å². The number of alkyl halides is 5. The number of rotatable bonds is 15. The molecule has 168 valence electrons. The molecule has 0 saturated carbocycles. The van der Waals surface area contributed by atoms with Crippen LogP contribution in [0.3, 0.4) is 0 Å². The van der Waals surface area contributed by atoms with Crippen LogP contribution in [0.4, 0.5) is 22.0 Å². The van der Waals surface area contributed by atoms with Crippen LogP contribution in [-0.2, 0) is 19.6 Å². The Labute approximate surface area is 162 Å². The normalized spacial score (nSPS) is 14.1. The minimum Gasteiger partial charge on any atom is -0.743 e. The van der Waals surface area contributed by atoms with Gasteiger partial charge >= 0.3 is 17.4 Å². The maximum absolute atomic E-state index is 13.2. The summed E-state index contributed by atoms with van der Waals surface area (Å²) in [6.45, 7) is 2.14. The predicted octanol–water partition coefficient (Wildman–Crippen LogP) is 5.30. The number of unbranched alkanes of at least 4 members (excludes halogenated alkanes) is 10. The Hall–Kier alpha value is -0.970. The summed E-state index contributed by atoms with van der Waals surface area (Å²) in [6, 6.07) is 0. The quantitative estimate of drug-likeness (QED) is 0.150. The topological polar surface area (TPSA) is 83.5 Å². The molecule has 0 aliphatic rings. The van der Waals surface area contributed by atoms with Crippen LogP contribution in [0.1, 0.15) is 84.0 Å². The molecule has 0 amide bonds. The van der Waals surface area contributed by atoms with E-state index in [4.69, 9.17) is 0 Å². The van der Waals surface area contributed by atoms with Crippen LogP contribution in [-0.4, -0.2) is 36.5 Å². The zero-order valence-corrected chi connectivity index (χ0v) is 16.7. The van der Waals surface area contributed by atoms with Gasteiger partial charge in [-0.15, -0.1) is 0 Å². The number of carbonyl (C=O) groups excluding carboxylic acids is 1. The van der Waals surface area contributed by atoms with Gasteiger partial charge in [0, 0.05) is 6.42 Å². The summed E-state index contributed by atoms with van der Waals surface area (Å²) in [6.07, 6.45) is -0.526. The Bertz CT molecular complexity index is 549. The Balaban J connectivity index is 4.15. The molecule has 1 atom stereocenters. The summed E-state index contributed by atoms with van der Waals surface area (Å²) in [5, 5.41) is -5.79. The van der Waals surface area contributed by atoms with E-state index in [1.165, 1.54) is 25.7 Å². The van der Waals surface area contributed by atoms with E-state index in [9.17, 15) is 39.7 Å². The number of halogens is 5. The van der Waals surface area contributed by atoms with Gasteiger partial charge in [0.25, 0.3) is 6.10 Å². The Kier molecular flexibility index (Phi) is 12.1. The molecule has 0 bridgehead atoms. The Morgan fingerprint density at radius 2 is 1.25 bits per heavy atom. The average molecular weight is 439 g/mol. The first kappa shape index (κ1) is 27.0. The molecule has 0 fully saturated rings. The lowest BCUT2D eigenvalue weighted by atomic mass is 10.1. The fourth-order valence-electron chi connectivity index (χ4n) is 2.58. The van der Waals surface area contributed by atoms with Gasteiger partial charge in [-0.3, -0.25) is 4.79 Å². The summed E-state index contributed by atoms with van der Waals surface area (Å²) >= 11 is 0. The molecule has 0 spiro atoms. The Morgan fingerprint density at radius 1 is 0.857 bits per heavy atom. The third-order valence-electron chi connectivity index (χ3n) is 4.17. The fraction of sp³-hybridized carbons (Fsp3) is 0.941. The van der Waals surface area contributed by atoms with Crippen molar-refractivity contribution < 1.29 is 44.5 Å². The molecule has 0 aliphatic heterocycles. The van der Waals surface area contributed by atoms with Gasteiger partial charge in [-0.2, -0.15) is 22.0 Å². The molecular weight excluding hydrogens is 411 g/mol. The van der Waals surface area contributed by atoms with Crippen molar-refractivity contribution in [1.29, 1.82) is 0 Å². The number of esters is 1. The van der Waals surface area contributed by atoms with E-state index in [-0.39, 0.29) is 6.42 Å². The van der Waals surface area contributed by atoms with Gasteiger partial charge < -0.3 is 9.29 Å². The molecule has 0 aliphatic carbocycles. The SMILES string of the molecule is CCCCCCCCCCCCCC(=O)OC(C(F)(F)F)C(F)(F)S(=O)(=O)[O-]. The number of hydrogen-bond donors (Lipinski definition) is 0. The van der Waals surface area contributed by atoms with Crippen LogP contribution in [0, 0.1) is 0 Å². The third kappa shape index (κ3) is 10.5. The maximum atomic E-state index is 13.2. The van der Waals surface area contributed by atoms with Crippen molar-refractivity contribution in [2.24, 2.45) is 0 Å². The van der Waals surface area contributed by atoms with Crippen molar-refractivity contribution in [2.75, 3.05) is 0 Å². The van der Waals surface area contributed by atoms with Crippen LogP contribution >= 0.6 is 0 Å². The molecule has 0 aromatic carbocycles. The van der Waals surface area contributed by atoms with E-state index in [1.54, 1.807) is 0 Å². The van der Waals surface area contributed by atoms with Gasteiger partial charge in [-0.05, 0) is 6.42 Å². The smallest absolute Gasteiger partial charge is 0.432 e. The lowest BCUT2D eigenvalue weighted by Crippen LogP contribution is -2.52. The molecule has 0 saturated heterocycles. The van der Waals surface area contributed by atoms with E-state index >= 15 is 0 Å². The van der Waals surface area contributed by atoms with Gasteiger partial charge in [0.2, 0.25) is 0 Å². The highest BCUT2D eigenvalue weighted by molar-refractivity contribution is 7.86. The summed E-state index contributed by atoms with van der Waals surface area (Å²) in [5.74, 6) is -1.62. The lowest BCUT2D eigenvalue weighted by Gasteiger charge is -2.29. The second-order valence-electron chi connectivity index (χ2n) is 6.71. The van der Waals surface area contributed by atoms with Crippen molar-refractivity contribution in [1.82, 2.24) is 0 Å². The number of carbonyl (C=O) groups is 1. The minimum absolute atomic E-state index is 0.121. The second kappa shape index (κ2) is 12.6. The third-order valence-corrected chi connectivity index (χ3v) is 5.05.